The molecule has 6 heteroatoms. The van der Waals surface area contributed by atoms with Crippen LogP contribution in [0.1, 0.15) is 6.92 Å². The minimum Gasteiger partial charge on any atom is -0.481 e. The average molecular weight is 288 g/mol. The second-order valence-corrected chi connectivity index (χ2v) is 4.51. The molecule has 0 spiro atoms. The van der Waals surface area contributed by atoms with E-state index < -0.39 is 12.2 Å². The van der Waals surface area contributed by atoms with Gasteiger partial charge in [-0.1, -0.05) is 17.7 Å². The first-order valence-corrected chi connectivity index (χ1v) is 6.27. The first-order chi connectivity index (χ1) is 9.02. The largest absolute Gasteiger partial charge is 0.481 e. The Morgan fingerprint density at radius 1 is 1.53 bits per heavy atom. The van der Waals surface area contributed by atoms with E-state index in [-0.39, 0.29) is 19.1 Å². The van der Waals surface area contributed by atoms with E-state index in [1.807, 2.05) is 0 Å². The van der Waals surface area contributed by atoms with Gasteiger partial charge in [0.25, 0.3) is 5.91 Å². The molecule has 2 N–H and O–H groups in total. The van der Waals surface area contributed by atoms with Crippen molar-refractivity contribution in [3.8, 4) is 5.75 Å². The van der Waals surface area contributed by atoms with Gasteiger partial charge in [0.1, 0.15) is 5.75 Å². The lowest BCUT2D eigenvalue weighted by molar-refractivity contribution is -0.127. The molecule has 0 aliphatic carbocycles. The number of nitrogens with one attached hydrogen (secondary N) is 1. The van der Waals surface area contributed by atoms with Gasteiger partial charge in [-0.25, -0.2) is 0 Å². The quantitative estimate of drug-likeness (QED) is 0.791. The van der Waals surface area contributed by atoms with Crippen molar-refractivity contribution >= 4 is 17.5 Å². The van der Waals surface area contributed by atoms with Gasteiger partial charge in [-0.15, -0.1) is 0 Å². The lowest BCUT2D eigenvalue weighted by Crippen LogP contribution is -2.41. The predicted molar refractivity (Wildman–Crippen MR) is 72.4 cm³/mol. The summed E-state index contributed by atoms with van der Waals surface area (Å²) >= 11 is 5.82. The molecule has 2 unspecified atom stereocenters. The molecule has 0 bridgehead atoms. The molecule has 1 rings (SSSR count). The Morgan fingerprint density at radius 3 is 2.89 bits per heavy atom. The fourth-order valence-electron chi connectivity index (χ4n) is 1.41. The molecule has 1 amide bonds. The zero-order chi connectivity index (χ0) is 14.3. The minimum absolute atomic E-state index is 0.121. The maximum atomic E-state index is 11.7. The summed E-state index contributed by atoms with van der Waals surface area (Å²) in [7, 11) is 1.48. The van der Waals surface area contributed by atoms with Crippen molar-refractivity contribution < 1.29 is 19.4 Å². The molecule has 2 atom stereocenters. The smallest absolute Gasteiger partial charge is 0.260 e. The number of halogens is 1. The number of methoxy groups -OCH3 is 1. The molecule has 0 aliphatic heterocycles. The van der Waals surface area contributed by atoms with E-state index >= 15 is 0 Å². The second-order valence-electron chi connectivity index (χ2n) is 4.07. The molecular formula is C13H18ClNO4. The van der Waals surface area contributed by atoms with E-state index in [4.69, 9.17) is 21.1 Å². The van der Waals surface area contributed by atoms with Crippen LogP contribution in [-0.4, -0.2) is 43.5 Å². The lowest BCUT2D eigenvalue weighted by Gasteiger charge is -2.16. The summed E-state index contributed by atoms with van der Waals surface area (Å²) in [6.45, 7) is 1.92. The molecule has 0 heterocycles. The molecule has 0 saturated heterocycles. The Morgan fingerprint density at radius 2 is 2.26 bits per heavy atom. The van der Waals surface area contributed by atoms with Crippen LogP contribution in [0.15, 0.2) is 24.3 Å². The average Bonchev–Trinajstić information content (AvgIpc) is 2.36. The predicted octanol–water partition coefficient (Wildman–Crippen LogP) is 1.23. The summed E-state index contributed by atoms with van der Waals surface area (Å²) in [6.07, 6.45) is -1.40. The van der Waals surface area contributed by atoms with Crippen LogP contribution in [0.3, 0.4) is 0 Å². The van der Waals surface area contributed by atoms with Crippen molar-refractivity contribution in [1.82, 2.24) is 5.32 Å². The van der Waals surface area contributed by atoms with Gasteiger partial charge in [0.15, 0.2) is 6.10 Å². The third kappa shape index (κ3) is 5.92. The van der Waals surface area contributed by atoms with E-state index in [0.717, 1.165) is 0 Å². The molecule has 5 nitrogen and oxygen atoms in total. The van der Waals surface area contributed by atoms with Gasteiger partial charge >= 0.3 is 0 Å². The number of hydrogen-bond acceptors (Lipinski definition) is 4. The van der Waals surface area contributed by atoms with E-state index in [9.17, 15) is 9.90 Å². The fourth-order valence-corrected chi connectivity index (χ4v) is 1.59. The van der Waals surface area contributed by atoms with Gasteiger partial charge in [0.05, 0.1) is 12.7 Å². The summed E-state index contributed by atoms with van der Waals surface area (Å²) in [5.41, 5.74) is 0. The standard InChI is InChI=1S/C13H18ClNO4/c1-9(13(17)15-7-11(16)8-18-2)19-12-5-3-4-10(14)6-12/h3-6,9,11,16H,7-8H2,1-2H3,(H,15,17). The summed E-state index contributed by atoms with van der Waals surface area (Å²) in [5.74, 6) is 0.211. The van der Waals surface area contributed by atoms with E-state index in [2.05, 4.69) is 5.32 Å². The Hall–Kier alpha value is -1.30. The number of amides is 1. The Labute approximate surface area is 117 Å². The highest BCUT2D eigenvalue weighted by atomic mass is 35.5. The van der Waals surface area contributed by atoms with E-state index in [0.29, 0.717) is 10.8 Å². The molecule has 19 heavy (non-hydrogen) atoms. The minimum atomic E-state index is -0.729. The number of carbonyl (C=O) groups is 1. The first-order valence-electron chi connectivity index (χ1n) is 5.90. The molecular weight excluding hydrogens is 270 g/mol. The Balaban J connectivity index is 2.40. The van der Waals surface area contributed by atoms with Crippen LogP contribution in [0.5, 0.6) is 5.75 Å². The summed E-state index contributed by atoms with van der Waals surface area (Å²) in [5, 5.41) is 12.5. The number of aliphatic hydroxyl groups excluding tert-OH is 1. The zero-order valence-electron chi connectivity index (χ0n) is 10.9. The summed E-state index contributed by atoms with van der Waals surface area (Å²) < 4.78 is 10.2. The zero-order valence-corrected chi connectivity index (χ0v) is 11.7. The highest BCUT2D eigenvalue weighted by molar-refractivity contribution is 6.30. The van der Waals surface area contributed by atoms with Crippen molar-refractivity contribution in [3.05, 3.63) is 29.3 Å². The van der Waals surface area contributed by atoms with Crippen molar-refractivity contribution in [2.45, 2.75) is 19.1 Å². The maximum Gasteiger partial charge on any atom is 0.260 e. The van der Waals surface area contributed by atoms with E-state index in [1.165, 1.54) is 7.11 Å². The van der Waals surface area contributed by atoms with Crippen LogP contribution in [0.2, 0.25) is 5.02 Å². The van der Waals surface area contributed by atoms with Crippen LogP contribution >= 0.6 is 11.6 Å². The lowest BCUT2D eigenvalue weighted by atomic mass is 10.3. The van der Waals surface area contributed by atoms with Gasteiger partial charge in [-0.3, -0.25) is 4.79 Å². The van der Waals surface area contributed by atoms with Gasteiger partial charge in [-0.2, -0.15) is 0 Å². The van der Waals surface area contributed by atoms with Gasteiger partial charge in [0.2, 0.25) is 0 Å². The monoisotopic (exact) mass is 287 g/mol. The number of benzene rings is 1. The third-order valence-corrected chi connectivity index (χ3v) is 2.58. The van der Waals surface area contributed by atoms with Gasteiger partial charge in [-0.05, 0) is 25.1 Å². The second kappa shape index (κ2) is 7.99. The Kier molecular flexibility index (Phi) is 6.62. The third-order valence-electron chi connectivity index (χ3n) is 2.35. The summed E-state index contributed by atoms with van der Waals surface area (Å²) in [4.78, 5) is 11.7. The fraction of sp³-hybridized carbons (Fsp3) is 0.462. The van der Waals surface area contributed by atoms with Crippen LogP contribution in [0, 0.1) is 0 Å². The SMILES string of the molecule is COCC(O)CNC(=O)C(C)Oc1cccc(Cl)c1. The highest BCUT2D eigenvalue weighted by Gasteiger charge is 2.15. The molecule has 0 saturated carbocycles. The number of hydrogen-bond donors (Lipinski definition) is 2. The van der Waals surface area contributed by atoms with Crippen LogP contribution in [0.4, 0.5) is 0 Å². The van der Waals surface area contributed by atoms with Crippen molar-refractivity contribution in [1.29, 1.82) is 0 Å². The van der Waals surface area contributed by atoms with E-state index in [1.54, 1.807) is 31.2 Å². The summed E-state index contributed by atoms with van der Waals surface area (Å²) in [6, 6.07) is 6.81. The van der Waals surface area contributed by atoms with Gasteiger partial charge in [0, 0.05) is 18.7 Å². The Bertz CT molecular complexity index is 413. The normalized spacial score (nSPS) is 13.7. The van der Waals surface area contributed by atoms with Crippen molar-refractivity contribution in [2.24, 2.45) is 0 Å². The number of ether oxygens (including phenoxy) is 2. The molecule has 0 aliphatic rings. The molecule has 106 valence electrons. The maximum absolute atomic E-state index is 11.7. The van der Waals surface area contributed by atoms with Crippen LogP contribution in [0.25, 0.3) is 0 Å². The topological polar surface area (TPSA) is 67.8 Å². The molecule has 1 aromatic carbocycles. The number of carbonyl (C=O) groups excluding carboxylic acids is 1. The van der Waals surface area contributed by atoms with Crippen LogP contribution in [-0.2, 0) is 9.53 Å². The molecule has 0 radical (unpaired) electrons. The molecule has 1 aromatic rings. The van der Waals surface area contributed by atoms with Gasteiger partial charge < -0.3 is 19.9 Å². The number of aliphatic hydroxyl groups is 1. The van der Waals surface area contributed by atoms with Crippen molar-refractivity contribution in [2.75, 3.05) is 20.3 Å². The van der Waals surface area contributed by atoms with Crippen LogP contribution < -0.4 is 10.1 Å². The molecule has 0 fully saturated rings. The number of rotatable bonds is 7. The first kappa shape index (κ1) is 15.8. The van der Waals surface area contributed by atoms with Crippen molar-refractivity contribution in [3.63, 3.8) is 0 Å². The molecule has 0 aromatic heterocycles. The highest BCUT2D eigenvalue weighted by Crippen LogP contribution is 2.18.